The monoisotopic (exact) mass is 494 g/mol. The van der Waals surface area contributed by atoms with E-state index < -0.39 is 37.9 Å². The number of hydrogen-bond acceptors (Lipinski definition) is 5. The van der Waals surface area contributed by atoms with Crippen LogP contribution in [0.3, 0.4) is 0 Å². The molecular formula is C15H9ClF6N2O4S2. The number of urea groups is 1. The van der Waals surface area contributed by atoms with Gasteiger partial charge in [-0.1, -0.05) is 11.6 Å². The second-order valence-electron chi connectivity index (χ2n) is 5.28. The number of hydrogen-bond donors (Lipinski definition) is 2. The third-order valence-electron chi connectivity index (χ3n) is 3.02. The summed E-state index contributed by atoms with van der Waals surface area (Å²) < 4.78 is 99.7. The number of amides is 2. The zero-order chi connectivity index (χ0) is 22.7. The smallest absolute Gasteiger partial charge is 0.374 e. The first kappa shape index (κ1) is 24.0. The molecule has 2 N–H and O–H groups in total. The molecule has 2 aromatic rings. The number of anilines is 2. The van der Waals surface area contributed by atoms with E-state index in [2.05, 4.69) is 14.8 Å². The molecule has 0 saturated carbocycles. The maximum Gasteiger partial charge on any atom is 0.534 e. The zero-order valence-electron chi connectivity index (χ0n) is 14.1. The lowest BCUT2D eigenvalue weighted by Gasteiger charge is -2.12. The summed E-state index contributed by atoms with van der Waals surface area (Å²) in [6.07, 6.45) is 0. The molecule has 6 nitrogen and oxygen atoms in total. The summed E-state index contributed by atoms with van der Waals surface area (Å²) in [4.78, 5) is 11.8. The summed E-state index contributed by atoms with van der Waals surface area (Å²) >= 11 is 5.35. The molecule has 0 spiro atoms. The zero-order valence-corrected chi connectivity index (χ0v) is 16.5. The molecule has 15 heteroatoms. The van der Waals surface area contributed by atoms with Gasteiger partial charge in [0.05, 0.1) is 5.02 Å². The van der Waals surface area contributed by atoms with E-state index in [1.807, 2.05) is 0 Å². The summed E-state index contributed by atoms with van der Waals surface area (Å²) in [7, 11) is -5.92. The van der Waals surface area contributed by atoms with Crippen LogP contribution in [0.25, 0.3) is 0 Å². The van der Waals surface area contributed by atoms with Gasteiger partial charge in [-0.25, -0.2) is 4.79 Å². The molecule has 0 atom stereocenters. The minimum absolute atomic E-state index is 0.0292. The molecule has 0 aliphatic carbocycles. The van der Waals surface area contributed by atoms with Gasteiger partial charge >= 0.3 is 27.2 Å². The van der Waals surface area contributed by atoms with Crippen LogP contribution < -0.4 is 14.8 Å². The van der Waals surface area contributed by atoms with Gasteiger partial charge in [0.2, 0.25) is 0 Å². The van der Waals surface area contributed by atoms with Crippen molar-refractivity contribution in [3.8, 4) is 5.75 Å². The third kappa shape index (κ3) is 6.88. The Labute approximate surface area is 174 Å². The van der Waals surface area contributed by atoms with Crippen molar-refractivity contribution in [2.45, 2.75) is 15.9 Å². The van der Waals surface area contributed by atoms with E-state index in [0.29, 0.717) is 0 Å². The Morgan fingerprint density at radius 1 is 0.933 bits per heavy atom. The number of halogens is 7. The number of alkyl halides is 6. The van der Waals surface area contributed by atoms with Crippen molar-refractivity contribution in [3.05, 3.63) is 47.5 Å². The highest BCUT2D eigenvalue weighted by molar-refractivity contribution is 8.00. The Balaban J connectivity index is 2.01. The summed E-state index contributed by atoms with van der Waals surface area (Å²) in [5.41, 5.74) is -9.98. The normalized spacial score (nSPS) is 12.4. The van der Waals surface area contributed by atoms with E-state index in [1.54, 1.807) is 0 Å². The fourth-order valence-electron chi connectivity index (χ4n) is 1.84. The quantitative estimate of drug-likeness (QED) is 0.237. The van der Waals surface area contributed by atoms with E-state index in [1.165, 1.54) is 12.1 Å². The Morgan fingerprint density at radius 3 is 1.97 bits per heavy atom. The molecule has 30 heavy (non-hydrogen) atoms. The number of carbonyl (C=O) groups excluding carboxylic acids is 1. The van der Waals surface area contributed by atoms with Gasteiger partial charge < -0.3 is 14.8 Å². The van der Waals surface area contributed by atoms with Gasteiger partial charge in [-0.15, -0.1) is 0 Å². The van der Waals surface area contributed by atoms with Crippen LogP contribution >= 0.6 is 23.4 Å². The largest absolute Gasteiger partial charge is 0.534 e. The second kappa shape index (κ2) is 8.81. The van der Waals surface area contributed by atoms with Crippen molar-refractivity contribution < 1.29 is 43.7 Å². The molecule has 0 radical (unpaired) electrons. The van der Waals surface area contributed by atoms with Gasteiger partial charge in [0.25, 0.3) is 0 Å². The Kier molecular flexibility index (Phi) is 7.04. The minimum Gasteiger partial charge on any atom is -0.374 e. The Hall–Kier alpha value is -2.32. The van der Waals surface area contributed by atoms with Crippen molar-refractivity contribution in [1.29, 1.82) is 0 Å². The second-order valence-corrected chi connectivity index (χ2v) is 8.36. The maximum atomic E-state index is 12.3. The molecule has 2 amide bonds. The van der Waals surface area contributed by atoms with Crippen LogP contribution in [0.1, 0.15) is 0 Å². The van der Waals surface area contributed by atoms with Crippen LogP contribution in [-0.4, -0.2) is 25.5 Å². The molecule has 0 aliphatic heterocycles. The summed E-state index contributed by atoms with van der Waals surface area (Å²) in [6.45, 7) is 0. The highest BCUT2D eigenvalue weighted by Gasteiger charge is 2.48. The lowest BCUT2D eigenvalue weighted by Crippen LogP contribution is -2.28. The van der Waals surface area contributed by atoms with Crippen LogP contribution in [0.15, 0.2) is 47.4 Å². The van der Waals surface area contributed by atoms with Crippen molar-refractivity contribution >= 4 is 50.9 Å². The van der Waals surface area contributed by atoms with E-state index in [9.17, 15) is 39.6 Å². The van der Waals surface area contributed by atoms with E-state index in [0.717, 1.165) is 30.3 Å². The topological polar surface area (TPSA) is 84.5 Å². The SMILES string of the molecule is O=C(Nc1ccc(SC(F)(F)F)cc1)Nc1ccc(OS(=O)(=O)C(F)(F)F)c(Cl)c1. The maximum absolute atomic E-state index is 12.3. The minimum atomic E-state index is -5.92. The van der Waals surface area contributed by atoms with Crippen LogP contribution in [-0.2, 0) is 10.1 Å². The predicted octanol–water partition coefficient (Wildman–Crippen LogP) is 5.82. The lowest BCUT2D eigenvalue weighted by molar-refractivity contribution is -0.0500. The number of carbonyl (C=O) groups is 1. The number of benzene rings is 2. The van der Waals surface area contributed by atoms with Gasteiger partial charge in [-0.2, -0.15) is 34.8 Å². The molecule has 0 fully saturated rings. The van der Waals surface area contributed by atoms with Gasteiger partial charge in [0, 0.05) is 16.3 Å². The molecule has 0 saturated heterocycles. The molecule has 0 heterocycles. The summed E-state index contributed by atoms with van der Waals surface area (Å²) in [5.74, 6) is -0.808. The van der Waals surface area contributed by atoms with Crippen molar-refractivity contribution in [2.24, 2.45) is 0 Å². The molecule has 0 aliphatic rings. The van der Waals surface area contributed by atoms with Gasteiger partial charge in [0.1, 0.15) is 0 Å². The fraction of sp³-hybridized carbons (Fsp3) is 0.133. The third-order valence-corrected chi connectivity index (χ3v) is 5.02. The van der Waals surface area contributed by atoms with E-state index in [-0.39, 0.29) is 28.0 Å². The van der Waals surface area contributed by atoms with Crippen LogP contribution in [0, 0.1) is 0 Å². The molecule has 2 aromatic carbocycles. The van der Waals surface area contributed by atoms with E-state index in [4.69, 9.17) is 11.6 Å². The van der Waals surface area contributed by atoms with Crippen molar-refractivity contribution in [2.75, 3.05) is 10.6 Å². The first-order valence-electron chi connectivity index (χ1n) is 7.40. The van der Waals surface area contributed by atoms with Crippen LogP contribution in [0.4, 0.5) is 42.5 Å². The fourth-order valence-corrected chi connectivity index (χ4v) is 3.13. The molecule has 164 valence electrons. The molecule has 0 aromatic heterocycles. The molecule has 2 rings (SSSR count). The average Bonchev–Trinajstić information content (AvgIpc) is 2.56. The molecular weight excluding hydrogens is 486 g/mol. The summed E-state index contributed by atoms with van der Waals surface area (Å²) in [5, 5.41) is 4.04. The van der Waals surface area contributed by atoms with E-state index >= 15 is 0 Å². The van der Waals surface area contributed by atoms with Gasteiger partial charge in [-0.05, 0) is 54.2 Å². The Morgan fingerprint density at radius 2 is 1.47 bits per heavy atom. The highest BCUT2D eigenvalue weighted by Crippen LogP contribution is 2.37. The number of thioether (sulfide) groups is 1. The summed E-state index contributed by atoms with van der Waals surface area (Å²) in [6, 6.07) is 6.62. The predicted molar refractivity (Wildman–Crippen MR) is 98.1 cm³/mol. The lowest BCUT2D eigenvalue weighted by atomic mass is 10.3. The van der Waals surface area contributed by atoms with Crippen molar-refractivity contribution in [1.82, 2.24) is 0 Å². The highest BCUT2D eigenvalue weighted by atomic mass is 35.5. The van der Waals surface area contributed by atoms with Crippen LogP contribution in [0.2, 0.25) is 5.02 Å². The average molecular weight is 495 g/mol. The van der Waals surface area contributed by atoms with Crippen molar-refractivity contribution in [3.63, 3.8) is 0 Å². The van der Waals surface area contributed by atoms with Gasteiger partial charge in [-0.3, -0.25) is 0 Å². The van der Waals surface area contributed by atoms with Crippen LogP contribution in [0.5, 0.6) is 5.75 Å². The number of rotatable bonds is 5. The standard InChI is InChI=1S/C15H9ClF6N2O4S2/c16-11-7-9(3-6-12(11)28-30(26,27)15(20,21)22)24-13(25)23-8-1-4-10(5-2-8)29-14(17,18)19/h1-7H,(H2,23,24,25). The number of nitrogens with one attached hydrogen (secondary N) is 2. The van der Waals surface area contributed by atoms with Gasteiger partial charge in [0.15, 0.2) is 5.75 Å². The molecule has 0 bridgehead atoms. The first-order valence-corrected chi connectivity index (χ1v) is 10.0. The first-order chi connectivity index (χ1) is 13.7. The molecule has 0 unspecified atom stereocenters. The Bertz CT molecular complexity index is 1030.